The van der Waals surface area contributed by atoms with Crippen LogP contribution in [0.25, 0.3) is 11.0 Å². The van der Waals surface area contributed by atoms with Crippen molar-refractivity contribution in [1.82, 2.24) is 19.7 Å². The van der Waals surface area contributed by atoms with Gasteiger partial charge in [-0.3, -0.25) is 9.48 Å². The van der Waals surface area contributed by atoms with E-state index >= 15 is 0 Å². The van der Waals surface area contributed by atoms with Crippen molar-refractivity contribution in [3.8, 4) is 0 Å². The van der Waals surface area contributed by atoms with Crippen molar-refractivity contribution in [2.45, 2.75) is 32.2 Å². The second-order valence-corrected chi connectivity index (χ2v) is 8.65. The monoisotopic (exact) mass is 433 g/mol. The first-order valence-electron chi connectivity index (χ1n) is 9.23. The number of aryl methyl sites for hydroxylation is 1. The topological polar surface area (TPSA) is 99.0 Å². The van der Waals surface area contributed by atoms with E-state index in [-0.39, 0.29) is 18.3 Å². The number of carbonyl (C=O) groups excluding carboxylic acids is 2. The third-order valence-electron chi connectivity index (χ3n) is 4.06. The summed E-state index contributed by atoms with van der Waals surface area (Å²) in [5.41, 5.74) is 2.07. The van der Waals surface area contributed by atoms with Crippen LogP contribution in [0.2, 0.25) is 0 Å². The molecule has 0 saturated carbocycles. The van der Waals surface area contributed by atoms with E-state index in [9.17, 15) is 9.59 Å². The Labute approximate surface area is 177 Å². The normalized spacial score (nSPS) is 11.2. The number of nitrogens with one attached hydrogen (secondary N) is 1. The quantitative estimate of drug-likeness (QED) is 0.330. The largest absolute Gasteiger partial charge is 0.462 e. The molecule has 0 aliphatic carbocycles. The molecule has 154 valence electrons. The summed E-state index contributed by atoms with van der Waals surface area (Å²) < 4.78 is 6.86. The predicted molar refractivity (Wildman–Crippen MR) is 114 cm³/mol. The first-order chi connectivity index (χ1) is 13.9. The summed E-state index contributed by atoms with van der Waals surface area (Å²) in [6.45, 7) is 6.22. The minimum absolute atomic E-state index is 0.153. The lowest BCUT2D eigenvalue weighted by molar-refractivity contribution is -0.113. The summed E-state index contributed by atoms with van der Waals surface area (Å²) in [4.78, 5) is 33.4. The van der Waals surface area contributed by atoms with Crippen molar-refractivity contribution in [3.05, 3.63) is 29.0 Å². The van der Waals surface area contributed by atoms with E-state index in [1.807, 2.05) is 5.38 Å². The van der Waals surface area contributed by atoms with Crippen molar-refractivity contribution in [1.29, 1.82) is 0 Å². The number of hydrogen-bond acceptors (Lipinski definition) is 8. The SMILES string of the molecule is CCOC(=O)c1c(CC(C)C)csc1NC(=O)CSc1ncnc2c1cnn2C. The number of thioether (sulfide) groups is 1. The Balaban J connectivity index is 1.73. The molecular weight excluding hydrogens is 410 g/mol. The molecule has 0 spiro atoms. The zero-order chi connectivity index (χ0) is 21.0. The molecule has 0 unspecified atom stereocenters. The fraction of sp³-hybridized carbons (Fsp3) is 0.421. The highest BCUT2D eigenvalue weighted by Gasteiger charge is 2.22. The van der Waals surface area contributed by atoms with Crippen LogP contribution in [0, 0.1) is 5.92 Å². The molecule has 1 amide bonds. The van der Waals surface area contributed by atoms with Crippen molar-refractivity contribution in [2.24, 2.45) is 13.0 Å². The van der Waals surface area contributed by atoms with Crippen LogP contribution in [0.1, 0.15) is 36.7 Å². The molecule has 0 saturated heterocycles. The maximum Gasteiger partial charge on any atom is 0.341 e. The van der Waals surface area contributed by atoms with Crippen molar-refractivity contribution < 1.29 is 14.3 Å². The maximum absolute atomic E-state index is 12.5. The van der Waals surface area contributed by atoms with Gasteiger partial charge in [-0.25, -0.2) is 14.8 Å². The fourth-order valence-corrected chi connectivity index (χ4v) is 4.60. The van der Waals surface area contributed by atoms with Gasteiger partial charge in [0.15, 0.2) is 5.65 Å². The third kappa shape index (κ3) is 4.94. The Hall–Kier alpha value is -2.46. The Morgan fingerprint density at radius 3 is 2.86 bits per heavy atom. The van der Waals surface area contributed by atoms with Gasteiger partial charge in [0.25, 0.3) is 0 Å². The molecule has 8 nitrogen and oxygen atoms in total. The maximum atomic E-state index is 12.5. The summed E-state index contributed by atoms with van der Waals surface area (Å²) in [6.07, 6.45) is 3.89. The van der Waals surface area contributed by atoms with Crippen molar-refractivity contribution >= 4 is 51.0 Å². The molecule has 0 aliphatic heterocycles. The lowest BCUT2D eigenvalue weighted by atomic mass is 10.0. The summed E-state index contributed by atoms with van der Waals surface area (Å²) in [5, 5.41) is 11.0. The lowest BCUT2D eigenvalue weighted by Gasteiger charge is -2.10. The van der Waals surface area contributed by atoms with Crippen molar-refractivity contribution in [3.63, 3.8) is 0 Å². The molecule has 10 heteroatoms. The Morgan fingerprint density at radius 1 is 1.34 bits per heavy atom. The van der Waals surface area contributed by atoms with Gasteiger partial charge in [0.1, 0.15) is 16.4 Å². The second-order valence-electron chi connectivity index (χ2n) is 6.80. The number of amides is 1. The average molecular weight is 434 g/mol. The molecule has 0 aromatic carbocycles. The van der Waals surface area contributed by atoms with Crippen LogP contribution >= 0.6 is 23.1 Å². The van der Waals surface area contributed by atoms with Crippen molar-refractivity contribution in [2.75, 3.05) is 17.7 Å². The highest BCUT2D eigenvalue weighted by Crippen LogP contribution is 2.31. The van der Waals surface area contributed by atoms with Crippen LogP contribution in [0.5, 0.6) is 0 Å². The number of nitrogens with zero attached hydrogens (tertiary/aromatic N) is 4. The van der Waals surface area contributed by atoms with Gasteiger partial charge in [-0.15, -0.1) is 11.3 Å². The highest BCUT2D eigenvalue weighted by molar-refractivity contribution is 8.00. The molecule has 3 heterocycles. The van der Waals surface area contributed by atoms with E-state index < -0.39 is 5.97 Å². The summed E-state index contributed by atoms with van der Waals surface area (Å²) in [5.74, 6) is -0.0772. The molecule has 3 rings (SSSR count). The van der Waals surface area contributed by atoms with E-state index in [1.165, 1.54) is 29.4 Å². The number of hydrogen-bond donors (Lipinski definition) is 1. The molecule has 0 radical (unpaired) electrons. The number of ether oxygens (including phenoxy) is 1. The number of fused-ring (bicyclic) bond motifs is 1. The van der Waals surface area contributed by atoms with Gasteiger partial charge < -0.3 is 10.1 Å². The number of thiophene rings is 1. The minimum Gasteiger partial charge on any atom is -0.462 e. The number of carbonyl (C=O) groups is 2. The summed E-state index contributed by atoms with van der Waals surface area (Å²) in [7, 11) is 1.80. The van der Waals surface area contributed by atoms with E-state index in [4.69, 9.17) is 4.74 Å². The smallest absolute Gasteiger partial charge is 0.341 e. The van der Waals surface area contributed by atoms with Crippen LogP contribution in [-0.2, 0) is 23.0 Å². The van der Waals surface area contributed by atoms with Crippen LogP contribution in [0.4, 0.5) is 5.00 Å². The van der Waals surface area contributed by atoms with Crippen LogP contribution < -0.4 is 5.32 Å². The first kappa shape index (κ1) is 21.3. The van der Waals surface area contributed by atoms with Gasteiger partial charge in [-0.2, -0.15) is 5.10 Å². The Kier molecular flexibility index (Phi) is 6.86. The van der Waals surface area contributed by atoms with E-state index in [1.54, 1.807) is 24.9 Å². The molecule has 29 heavy (non-hydrogen) atoms. The third-order valence-corrected chi connectivity index (χ3v) is 6.01. The molecule has 0 fully saturated rings. The van der Waals surface area contributed by atoms with E-state index in [2.05, 4.69) is 34.2 Å². The molecule has 0 aliphatic rings. The molecule has 0 bridgehead atoms. The predicted octanol–water partition coefficient (Wildman–Crippen LogP) is 3.53. The van der Waals surface area contributed by atoms with Gasteiger partial charge in [0.05, 0.1) is 29.5 Å². The Bertz CT molecular complexity index is 1030. The Morgan fingerprint density at radius 2 is 2.14 bits per heavy atom. The van der Waals surface area contributed by atoms with Gasteiger partial charge in [-0.05, 0) is 30.2 Å². The molecule has 3 aromatic rings. The zero-order valence-corrected chi connectivity index (χ0v) is 18.4. The lowest BCUT2D eigenvalue weighted by Crippen LogP contribution is -2.17. The number of esters is 1. The van der Waals surface area contributed by atoms with E-state index in [0.717, 1.165) is 17.4 Å². The average Bonchev–Trinajstić information content (AvgIpc) is 3.24. The minimum atomic E-state index is -0.403. The molecule has 0 atom stereocenters. The molecular formula is C19H23N5O3S2. The molecule has 1 N–H and O–H groups in total. The second kappa shape index (κ2) is 9.36. The standard InChI is InChI=1S/C19H23N5O3S2/c1-5-27-19(26)15-12(6-11(2)3)8-28-18(15)23-14(25)9-29-17-13-7-22-24(4)16(13)20-10-21-17/h7-8,10-11H,5-6,9H2,1-4H3,(H,23,25). The highest BCUT2D eigenvalue weighted by atomic mass is 32.2. The van der Waals surface area contributed by atoms with Gasteiger partial charge in [0.2, 0.25) is 5.91 Å². The number of anilines is 1. The van der Waals surface area contributed by atoms with Crippen LogP contribution in [0.3, 0.4) is 0 Å². The zero-order valence-electron chi connectivity index (χ0n) is 16.8. The fourth-order valence-electron chi connectivity index (χ4n) is 2.85. The molecule has 3 aromatic heterocycles. The first-order valence-corrected chi connectivity index (χ1v) is 11.1. The van der Waals surface area contributed by atoms with Gasteiger partial charge in [0, 0.05) is 7.05 Å². The number of rotatable bonds is 8. The van der Waals surface area contributed by atoms with Gasteiger partial charge in [-0.1, -0.05) is 25.6 Å². The van der Waals surface area contributed by atoms with E-state index in [0.29, 0.717) is 27.2 Å². The van der Waals surface area contributed by atoms with Crippen LogP contribution in [-0.4, -0.2) is 44.0 Å². The summed E-state index contributed by atoms with van der Waals surface area (Å²) >= 11 is 2.65. The summed E-state index contributed by atoms with van der Waals surface area (Å²) in [6, 6.07) is 0. The van der Waals surface area contributed by atoms with Gasteiger partial charge >= 0.3 is 5.97 Å². The number of aromatic nitrogens is 4. The van der Waals surface area contributed by atoms with Crippen LogP contribution in [0.15, 0.2) is 22.9 Å².